The highest BCUT2D eigenvalue weighted by molar-refractivity contribution is 6.31. The van der Waals surface area contributed by atoms with Crippen molar-refractivity contribution in [3.8, 4) is 11.5 Å². The van der Waals surface area contributed by atoms with Gasteiger partial charge in [0.1, 0.15) is 0 Å². The first kappa shape index (κ1) is 25.0. The molecule has 0 saturated carbocycles. The standard InChI is InChI=1S/C24H33ClN2O4/c1-5-29-22-13-19(15-26-11-6-12-30-17(2)3)21(25)14-23(22)31-16-24(28)27-20-9-7-18(4)8-10-20/h7-10,13-14,17,26H,5-6,11-12,15-16H2,1-4H3,(H,27,28). The van der Waals surface area contributed by atoms with E-state index in [-0.39, 0.29) is 18.6 Å². The van der Waals surface area contributed by atoms with E-state index < -0.39 is 0 Å². The van der Waals surface area contributed by atoms with Crippen LogP contribution in [0.3, 0.4) is 0 Å². The lowest BCUT2D eigenvalue weighted by molar-refractivity contribution is -0.118. The van der Waals surface area contributed by atoms with Gasteiger partial charge in [-0.15, -0.1) is 0 Å². The number of halogens is 1. The van der Waals surface area contributed by atoms with Gasteiger partial charge < -0.3 is 24.8 Å². The van der Waals surface area contributed by atoms with Gasteiger partial charge in [0, 0.05) is 29.9 Å². The van der Waals surface area contributed by atoms with Crippen molar-refractivity contribution in [2.75, 3.05) is 31.7 Å². The number of anilines is 1. The molecule has 0 fully saturated rings. The van der Waals surface area contributed by atoms with Gasteiger partial charge in [0.15, 0.2) is 18.1 Å². The zero-order valence-electron chi connectivity index (χ0n) is 18.8. The lowest BCUT2D eigenvalue weighted by atomic mass is 10.2. The maximum absolute atomic E-state index is 12.2. The summed E-state index contributed by atoms with van der Waals surface area (Å²) in [6, 6.07) is 11.1. The van der Waals surface area contributed by atoms with Crippen LogP contribution in [-0.4, -0.2) is 38.4 Å². The van der Waals surface area contributed by atoms with Crippen LogP contribution in [0.5, 0.6) is 11.5 Å². The highest BCUT2D eigenvalue weighted by Gasteiger charge is 2.13. The molecule has 0 heterocycles. The number of aryl methyl sites for hydroxylation is 1. The molecule has 0 aliphatic carbocycles. The second-order valence-electron chi connectivity index (χ2n) is 7.48. The summed E-state index contributed by atoms with van der Waals surface area (Å²) in [5.41, 5.74) is 2.76. The van der Waals surface area contributed by atoms with Gasteiger partial charge in [-0.25, -0.2) is 0 Å². The predicted molar refractivity (Wildman–Crippen MR) is 125 cm³/mol. The summed E-state index contributed by atoms with van der Waals surface area (Å²) >= 11 is 6.44. The number of ether oxygens (including phenoxy) is 3. The average Bonchev–Trinajstić information content (AvgIpc) is 2.73. The van der Waals surface area contributed by atoms with Crippen molar-refractivity contribution in [2.24, 2.45) is 0 Å². The summed E-state index contributed by atoms with van der Waals surface area (Å²) in [6.45, 7) is 10.4. The van der Waals surface area contributed by atoms with E-state index in [1.165, 1.54) is 0 Å². The van der Waals surface area contributed by atoms with E-state index in [0.717, 1.165) is 36.4 Å². The Hall–Kier alpha value is -2.28. The molecule has 2 N–H and O–H groups in total. The van der Waals surface area contributed by atoms with Crippen molar-refractivity contribution >= 4 is 23.2 Å². The van der Waals surface area contributed by atoms with Crippen molar-refractivity contribution in [1.29, 1.82) is 0 Å². The summed E-state index contributed by atoms with van der Waals surface area (Å²) in [7, 11) is 0. The van der Waals surface area contributed by atoms with Crippen molar-refractivity contribution < 1.29 is 19.0 Å². The molecule has 2 aromatic rings. The molecule has 7 heteroatoms. The largest absolute Gasteiger partial charge is 0.490 e. The lowest BCUT2D eigenvalue weighted by Gasteiger charge is -2.15. The molecule has 0 aliphatic rings. The van der Waals surface area contributed by atoms with E-state index in [0.29, 0.717) is 29.7 Å². The number of benzene rings is 2. The van der Waals surface area contributed by atoms with E-state index >= 15 is 0 Å². The van der Waals surface area contributed by atoms with Crippen LogP contribution in [0.1, 0.15) is 38.3 Å². The Morgan fingerprint density at radius 3 is 2.48 bits per heavy atom. The van der Waals surface area contributed by atoms with Crippen LogP contribution in [0.4, 0.5) is 5.69 Å². The topological polar surface area (TPSA) is 68.8 Å². The monoisotopic (exact) mass is 448 g/mol. The van der Waals surface area contributed by atoms with Crippen LogP contribution in [-0.2, 0) is 16.1 Å². The van der Waals surface area contributed by atoms with Crippen LogP contribution in [0.15, 0.2) is 36.4 Å². The molecule has 2 rings (SSSR count). The van der Waals surface area contributed by atoms with E-state index in [1.807, 2.05) is 58.0 Å². The fourth-order valence-electron chi connectivity index (χ4n) is 2.81. The molecule has 170 valence electrons. The Morgan fingerprint density at radius 1 is 1.10 bits per heavy atom. The van der Waals surface area contributed by atoms with Gasteiger partial charge in [-0.05, 0) is 64.4 Å². The van der Waals surface area contributed by atoms with Gasteiger partial charge in [-0.3, -0.25) is 4.79 Å². The number of hydrogen-bond donors (Lipinski definition) is 2. The minimum atomic E-state index is -0.253. The van der Waals surface area contributed by atoms with Crippen LogP contribution in [0.2, 0.25) is 5.02 Å². The van der Waals surface area contributed by atoms with E-state index in [4.69, 9.17) is 25.8 Å². The zero-order valence-corrected chi connectivity index (χ0v) is 19.6. The molecule has 2 aromatic carbocycles. The Morgan fingerprint density at radius 2 is 1.81 bits per heavy atom. The number of nitrogens with one attached hydrogen (secondary N) is 2. The Bertz CT molecular complexity index is 825. The lowest BCUT2D eigenvalue weighted by Crippen LogP contribution is -2.20. The van der Waals surface area contributed by atoms with Crippen molar-refractivity contribution in [1.82, 2.24) is 5.32 Å². The van der Waals surface area contributed by atoms with Gasteiger partial charge in [0.05, 0.1) is 12.7 Å². The van der Waals surface area contributed by atoms with Crippen molar-refractivity contribution in [3.63, 3.8) is 0 Å². The molecule has 0 bridgehead atoms. The molecule has 0 spiro atoms. The molecule has 0 aliphatic heterocycles. The highest BCUT2D eigenvalue weighted by atomic mass is 35.5. The Labute approximate surface area is 190 Å². The zero-order chi connectivity index (χ0) is 22.6. The van der Waals surface area contributed by atoms with Crippen molar-refractivity contribution in [3.05, 3.63) is 52.5 Å². The molecule has 0 saturated heterocycles. The third-order valence-corrected chi connectivity index (χ3v) is 4.72. The second-order valence-corrected chi connectivity index (χ2v) is 7.88. The number of hydrogen-bond acceptors (Lipinski definition) is 5. The SMILES string of the molecule is CCOc1cc(CNCCCOC(C)C)c(Cl)cc1OCC(=O)Nc1ccc(C)cc1. The molecule has 31 heavy (non-hydrogen) atoms. The fraction of sp³-hybridized carbons (Fsp3) is 0.458. The first-order chi connectivity index (χ1) is 14.9. The minimum absolute atomic E-state index is 0.141. The second kappa shape index (κ2) is 13.2. The fourth-order valence-corrected chi connectivity index (χ4v) is 3.03. The van der Waals surface area contributed by atoms with Crippen LogP contribution in [0.25, 0.3) is 0 Å². The maximum Gasteiger partial charge on any atom is 0.262 e. The summed E-state index contributed by atoms with van der Waals surface area (Å²) in [5, 5.41) is 6.73. The quantitative estimate of drug-likeness (QED) is 0.423. The number of carbonyl (C=O) groups excluding carboxylic acids is 1. The first-order valence-corrected chi connectivity index (χ1v) is 11.0. The molecule has 0 unspecified atom stereocenters. The Kier molecular flexibility index (Phi) is 10.6. The van der Waals surface area contributed by atoms with Crippen LogP contribution < -0.4 is 20.1 Å². The summed E-state index contributed by atoms with van der Waals surface area (Å²) in [5.74, 6) is 0.756. The molecule has 6 nitrogen and oxygen atoms in total. The smallest absolute Gasteiger partial charge is 0.262 e. The van der Waals surface area contributed by atoms with E-state index in [2.05, 4.69) is 10.6 Å². The molecule has 0 radical (unpaired) electrons. The van der Waals surface area contributed by atoms with Gasteiger partial charge in [0.25, 0.3) is 5.91 Å². The van der Waals surface area contributed by atoms with E-state index in [9.17, 15) is 4.79 Å². The molecular formula is C24H33ClN2O4. The predicted octanol–water partition coefficient (Wildman–Crippen LogP) is 4.97. The first-order valence-electron chi connectivity index (χ1n) is 10.7. The van der Waals surface area contributed by atoms with Crippen LogP contribution >= 0.6 is 11.6 Å². The van der Waals surface area contributed by atoms with Gasteiger partial charge in [0.2, 0.25) is 0 Å². The average molecular weight is 449 g/mol. The van der Waals surface area contributed by atoms with E-state index in [1.54, 1.807) is 6.07 Å². The third kappa shape index (κ3) is 9.17. The summed E-state index contributed by atoms with van der Waals surface area (Å²) in [4.78, 5) is 12.2. The molecule has 1 amide bonds. The van der Waals surface area contributed by atoms with Crippen LogP contribution in [0, 0.1) is 6.92 Å². The highest BCUT2D eigenvalue weighted by Crippen LogP contribution is 2.33. The summed E-state index contributed by atoms with van der Waals surface area (Å²) < 4.78 is 16.9. The normalized spacial score (nSPS) is 10.9. The third-order valence-electron chi connectivity index (χ3n) is 4.37. The number of amides is 1. The molecular weight excluding hydrogens is 416 g/mol. The van der Waals surface area contributed by atoms with Crippen molar-refractivity contribution in [2.45, 2.75) is 46.8 Å². The molecule has 0 aromatic heterocycles. The Balaban J connectivity index is 1.91. The van der Waals surface area contributed by atoms with Gasteiger partial charge in [-0.1, -0.05) is 29.3 Å². The minimum Gasteiger partial charge on any atom is -0.490 e. The van der Waals surface area contributed by atoms with Gasteiger partial charge in [-0.2, -0.15) is 0 Å². The maximum atomic E-state index is 12.2. The summed E-state index contributed by atoms with van der Waals surface area (Å²) in [6.07, 6.45) is 1.17. The molecule has 0 atom stereocenters. The number of rotatable bonds is 13. The van der Waals surface area contributed by atoms with Gasteiger partial charge >= 0.3 is 0 Å². The number of carbonyl (C=O) groups is 1.